The fourth-order valence-electron chi connectivity index (χ4n) is 2.04. The van der Waals surface area contributed by atoms with E-state index in [0.717, 1.165) is 0 Å². The van der Waals surface area contributed by atoms with Crippen LogP contribution in [0.5, 0.6) is 0 Å². The van der Waals surface area contributed by atoms with Gasteiger partial charge in [0.2, 0.25) is 0 Å². The molecule has 8 heteroatoms. The molecule has 1 aliphatic rings. The molecule has 2 unspecified atom stereocenters. The van der Waals surface area contributed by atoms with Crippen molar-refractivity contribution in [2.75, 3.05) is 19.3 Å². The lowest BCUT2D eigenvalue weighted by atomic mass is 9.88. The Morgan fingerprint density at radius 1 is 1.44 bits per heavy atom. The van der Waals surface area contributed by atoms with Crippen molar-refractivity contribution in [3.05, 3.63) is 0 Å². The quantitative estimate of drug-likeness (QED) is 0.466. The van der Waals surface area contributed by atoms with Gasteiger partial charge in [-0.05, 0) is 26.3 Å². The molecule has 0 aromatic heterocycles. The smallest absolute Gasteiger partial charge is 0.332 e. The second-order valence-electron chi connectivity index (χ2n) is 4.22. The molecule has 1 aliphatic heterocycles. The van der Waals surface area contributed by atoms with Crippen LogP contribution in [0, 0.1) is 5.92 Å². The number of ether oxygens (including phenoxy) is 1. The SMILES string of the molecule is CCOC(=O)C1NCCCC1C(=O)CP(=O)(O)O. The Bertz CT molecular complexity index is 365. The molecular formula is C10H18NO6P. The minimum absolute atomic E-state index is 0.205. The van der Waals surface area contributed by atoms with Crippen LogP contribution in [0.1, 0.15) is 19.8 Å². The summed E-state index contributed by atoms with van der Waals surface area (Å²) in [6.45, 7) is 2.45. The summed E-state index contributed by atoms with van der Waals surface area (Å²) in [7, 11) is -4.39. The minimum Gasteiger partial charge on any atom is -0.465 e. The fraction of sp³-hybridized carbons (Fsp3) is 0.800. The zero-order chi connectivity index (χ0) is 13.8. The molecule has 0 saturated carbocycles. The van der Waals surface area contributed by atoms with E-state index in [0.29, 0.717) is 19.4 Å². The lowest BCUT2D eigenvalue weighted by Crippen LogP contribution is -2.50. The van der Waals surface area contributed by atoms with E-state index in [1.54, 1.807) is 6.92 Å². The highest BCUT2D eigenvalue weighted by molar-refractivity contribution is 7.52. The van der Waals surface area contributed by atoms with Crippen molar-refractivity contribution >= 4 is 19.3 Å². The Morgan fingerprint density at radius 3 is 2.67 bits per heavy atom. The molecule has 7 nitrogen and oxygen atoms in total. The number of carbonyl (C=O) groups excluding carboxylic acids is 2. The summed E-state index contributed by atoms with van der Waals surface area (Å²) in [5.41, 5.74) is 0. The summed E-state index contributed by atoms with van der Waals surface area (Å²) in [6.07, 6.45) is 0.304. The molecule has 3 N–H and O–H groups in total. The lowest BCUT2D eigenvalue weighted by Gasteiger charge is -2.29. The van der Waals surface area contributed by atoms with Gasteiger partial charge in [0.25, 0.3) is 0 Å². The fourth-order valence-corrected chi connectivity index (χ4v) is 2.68. The van der Waals surface area contributed by atoms with Gasteiger partial charge in [-0.2, -0.15) is 0 Å². The summed E-state index contributed by atoms with van der Waals surface area (Å²) in [4.78, 5) is 41.0. The number of piperidine rings is 1. The van der Waals surface area contributed by atoms with Crippen molar-refractivity contribution in [3.63, 3.8) is 0 Å². The predicted molar refractivity (Wildman–Crippen MR) is 63.1 cm³/mol. The average Bonchev–Trinajstić information content (AvgIpc) is 2.27. The standard InChI is InChI=1S/C10H18NO6P/c1-2-17-10(13)9-7(4-3-5-11-9)8(12)6-18(14,15)16/h7,9,11H,2-6H2,1H3,(H2,14,15,16). The van der Waals surface area contributed by atoms with E-state index in [4.69, 9.17) is 14.5 Å². The summed E-state index contributed by atoms with van der Waals surface area (Å²) in [5, 5.41) is 2.87. The number of hydrogen-bond acceptors (Lipinski definition) is 5. The number of esters is 1. The van der Waals surface area contributed by atoms with E-state index in [1.165, 1.54) is 0 Å². The van der Waals surface area contributed by atoms with Crippen LogP contribution in [-0.4, -0.2) is 46.9 Å². The number of hydrogen-bond donors (Lipinski definition) is 3. The van der Waals surface area contributed by atoms with Crippen LogP contribution in [-0.2, 0) is 18.9 Å². The van der Waals surface area contributed by atoms with Crippen molar-refractivity contribution in [2.24, 2.45) is 5.92 Å². The van der Waals surface area contributed by atoms with Crippen LogP contribution in [0.4, 0.5) is 0 Å². The lowest BCUT2D eigenvalue weighted by molar-refractivity contribution is -0.150. The Labute approximate surface area is 105 Å². The second kappa shape index (κ2) is 6.43. The largest absolute Gasteiger partial charge is 0.465 e. The number of carbonyl (C=O) groups is 2. The zero-order valence-electron chi connectivity index (χ0n) is 10.2. The first-order valence-corrected chi connectivity index (χ1v) is 7.62. The summed E-state index contributed by atoms with van der Waals surface area (Å²) < 4.78 is 15.7. The Hall–Kier alpha value is -0.750. The Morgan fingerprint density at radius 2 is 2.11 bits per heavy atom. The van der Waals surface area contributed by atoms with Crippen LogP contribution in [0.15, 0.2) is 0 Å². The van der Waals surface area contributed by atoms with Gasteiger partial charge in [-0.3, -0.25) is 14.2 Å². The molecule has 1 heterocycles. The molecule has 1 fully saturated rings. The van der Waals surface area contributed by atoms with E-state index in [2.05, 4.69) is 5.32 Å². The maximum Gasteiger partial charge on any atom is 0.332 e. The molecule has 0 aromatic rings. The van der Waals surface area contributed by atoms with Gasteiger partial charge in [-0.15, -0.1) is 0 Å². The molecule has 1 rings (SSSR count). The first-order chi connectivity index (χ1) is 8.35. The molecule has 0 amide bonds. The summed E-state index contributed by atoms with van der Waals surface area (Å²) >= 11 is 0. The van der Waals surface area contributed by atoms with Crippen molar-refractivity contribution in [1.82, 2.24) is 5.32 Å². The van der Waals surface area contributed by atoms with Crippen molar-refractivity contribution in [3.8, 4) is 0 Å². The second-order valence-corrected chi connectivity index (χ2v) is 5.87. The van der Waals surface area contributed by atoms with Gasteiger partial charge < -0.3 is 19.8 Å². The van der Waals surface area contributed by atoms with E-state index in [1.807, 2.05) is 0 Å². The van der Waals surface area contributed by atoms with Gasteiger partial charge >= 0.3 is 13.6 Å². The number of ketones is 1. The van der Waals surface area contributed by atoms with Gasteiger partial charge in [0.15, 0.2) is 0 Å². The van der Waals surface area contributed by atoms with Crippen molar-refractivity contribution in [1.29, 1.82) is 0 Å². The third-order valence-electron chi connectivity index (χ3n) is 2.77. The minimum atomic E-state index is -4.39. The molecule has 0 radical (unpaired) electrons. The zero-order valence-corrected chi connectivity index (χ0v) is 11.1. The average molecular weight is 279 g/mol. The monoisotopic (exact) mass is 279 g/mol. The maximum atomic E-state index is 11.8. The maximum absolute atomic E-state index is 11.8. The third-order valence-corrected chi connectivity index (χ3v) is 3.50. The first-order valence-electron chi connectivity index (χ1n) is 5.82. The van der Waals surface area contributed by atoms with E-state index < -0.39 is 37.5 Å². The Kier molecular flexibility index (Phi) is 5.47. The van der Waals surface area contributed by atoms with Crippen LogP contribution in [0.25, 0.3) is 0 Å². The van der Waals surface area contributed by atoms with Gasteiger partial charge in [0.05, 0.1) is 6.61 Å². The van der Waals surface area contributed by atoms with E-state index >= 15 is 0 Å². The molecule has 0 bridgehead atoms. The van der Waals surface area contributed by atoms with Crippen molar-refractivity contribution < 1.29 is 28.7 Å². The molecule has 104 valence electrons. The number of Topliss-reactive ketones (excluding diaryl/α,β-unsaturated/α-hetero) is 1. The molecule has 2 atom stereocenters. The highest BCUT2D eigenvalue weighted by atomic mass is 31.2. The van der Waals surface area contributed by atoms with Crippen LogP contribution in [0.3, 0.4) is 0 Å². The molecular weight excluding hydrogens is 261 g/mol. The topological polar surface area (TPSA) is 113 Å². The number of rotatable bonds is 5. The molecule has 0 aliphatic carbocycles. The van der Waals surface area contributed by atoms with Crippen molar-refractivity contribution in [2.45, 2.75) is 25.8 Å². The van der Waals surface area contributed by atoms with E-state index in [-0.39, 0.29) is 6.61 Å². The molecule has 0 spiro atoms. The first kappa shape index (κ1) is 15.3. The van der Waals surface area contributed by atoms with Crippen LogP contribution >= 0.6 is 7.60 Å². The van der Waals surface area contributed by atoms with Gasteiger partial charge in [-0.25, -0.2) is 0 Å². The van der Waals surface area contributed by atoms with Gasteiger partial charge in [-0.1, -0.05) is 0 Å². The highest BCUT2D eigenvalue weighted by Gasteiger charge is 2.38. The van der Waals surface area contributed by atoms with Crippen LogP contribution in [0.2, 0.25) is 0 Å². The normalized spacial score (nSPS) is 24.6. The summed E-state index contributed by atoms with van der Waals surface area (Å²) in [5.74, 6) is -1.85. The highest BCUT2D eigenvalue weighted by Crippen LogP contribution is 2.36. The van der Waals surface area contributed by atoms with E-state index in [9.17, 15) is 14.2 Å². The van der Waals surface area contributed by atoms with Gasteiger partial charge in [0.1, 0.15) is 18.0 Å². The molecule has 0 aromatic carbocycles. The molecule has 18 heavy (non-hydrogen) atoms. The molecule has 1 saturated heterocycles. The Balaban J connectivity index is 2.73. The number of nitrogens with one attached hydrogen (secondary N) is 1. The summed E-state index contributed by atoms with van der Waals surface area (Å²) in [6, 6.07) is -0.794. The van der Waals surface area contributed by atoms with Gasteiger partial charge in [0, 0.05) is 5.92 Å². The predicted octanol–water partition coefficient (Wildman–Crippen LogP) is -0.335. The van der Waals surface area contributed by atoms with Crippen LogP contribution < -0.4 is 5.32 Å². The third kappa shape index (κ3) is 4.49.